The molecule has 22 heavy (non-hydrogen) atoms. The highest BCUT2D eigenvalue weighted by atomic mass is 16.6. The Hall–Kier alpha value is -1.30. The number of ether oxygens (including phenoxy) is 2. The summed E-state index contributed by atoms with van der Waals surface area (Å²) in [5.41, 5.74) is -0.556. The van der Waals surface area contributed by atoms with Gasteiger partial charge in [0.25, 0.3) is 0 Å². The first-order valence-electron chi connectivity index (χ1n) is 8.13. The average Bonchev–Trinajstić information content (AvgIpc) is 2.78. The van der Waals surface area contributed by atoms with Gasteiger partial charge >= 0.3 is 12.1 Å². The molecular weight excluding hydrogens is 284 g/mol. The Balaban J connectivity index is 2.15. The molecule has 1 N–H and O–H groups in total. The zero-order valence-corrected chi connectivity index (χ0v) is 14.1. The smallest absolute Gasteiger partial charge is 0.411 e. The maximum atomic E-state index is 12.5. The van der Waals surface area contributed by atoms with E-state index in [0.29, 0.717) is 19.6 Å². The van der Waals surface area contributed by atoms with Crippen molar-refractivity contribution in [1.29, 1.82) is 0 Å². The lowest BCUT2D eigenvalue weighted by Gasteiger charge is -2.33. The molecule has 2 aliphatic heterocycles. The molecule has 1 atom stereocenters. The Morgan fingerprint density at radius 2 is 1.91 bits per heavy atom. The fourth-order valence-corrected chi connectivity index (χ4v) is 3.34. The SMILES string of the molecule is CCOC(=O)C1CC2(CCNCC2)CN1C(=O)OC(C)(C)C. The van der Waals surface area contributed by atoms with Gasteiger partial charge in [0.15, 0.2) is 0 Å². The molecule has 0 radical (unpaired) electrons. The summed E-state index contributed by atoms with van der Waals surface area (Å²) in [6, 6.07) is -0.520. The van der Waals surface area contributed by atoms with Crippen molar-refractivity contribution in [2.24, 2.45) is 5.41 Å². The zero-order valence-electron chi connectivity index (χ0n) is 14.1. The minimum absolute atomic E-state index is 0.0135. The summed E-state index contributed by atoms with van der Waals surface area (Å²) in [6.45, 7) is 10.0. The van der Waals surface area contributed by atoms with Crippen molar-refractivity contribution in [3.8, 4) is 0 Å². The van der Waals surface area contributed by atoms with Crippen molar-refractivity contribution < 1.29 is 19.1 Å². The van der Waals surface area contributed by atoms with E-state index in [1.165, 1.54) is 0 Å². The third-order valence-corrected chi connectivity index (χ3v) is 4.36. The molecule has 2 aliphatic rings. The lowest BCUT2D eigenvalue weighted by molar-refractivity contribution is -0.148. The maximum Gasteiger partial charge on any atom is 0.411 e. The Morgan fingerprint density at radius 1 is 1.27 bits per heavy atom. The molecule has 0 saturated carbocycles. The molecule has 1 amide bonds. The number of likely N-dealkylation sites (tertiary alicyclic amines) is 1. The molecule has 2 fully saturated rings. The number of esters is 1. The van der Waals surface area contributed by atoms with Crippen LogP contribution in [0.1, 0.15) is 47.0 Å². The molecule has 1 unspecified atom stereocenters. The van der Waals surface area contributed by atoms with Gasteiger partial charge in [0, 0.05) is 6.54 Å². The third-order valence-electron chi connectivity index (χ3n) is 4.36. The van der Waals surface area contributed by atoms with Gasteiger partial charge < -0.3 is 14.8 Å². The highest BCUT2D eigenvalue weighted by molar-refractivity contribution is 5.82. The van der Waals surface area contributed by atoms with Gasteiger partial charge in [-0.15, -0.1) is 0 Å². The highest BCUT2D eigenvalue weighted by Gasteiger charge is 2.50. The van der Waals surface area contributed by atoms with Crippen molar-refractivity contribution in [2.75, 3.05) is 26.2 Å². The Morgan fingerprint density at radius 3 is 2.45 bits per heavy atom. The first-order valence-corrected chi connectivity index (χ1v) is 8.13. The van der Waals surface area contributed by atoms with Crippen LogP contribution in [0.3, 0.4) is 0 Å². The fourth-order valence-electron chi connectivity index (χ4n) is 3.34. The zero-order chi connectivity index (χ0) is 16.4. The molecule has 2 saturated heterocycles. The molecule has 0 aliphatic carbocycles. The van der Waals surface area contributed by atoms with Crippen LogP contribution in [0.5, 0.6) is 0 Å². The quantitative estimate of drug-likeness (QED) is 0.789. The summed E-state index contributed by atoms with van der Waals surface area (Å²) in [5.74, 6) is -0.316. The van der Waals surface area contributed by atoms with Gasteiger partial charge in [-0.2, -0.15) is 0 Å². The number of amides is 1. The van der Waals surface area contributed by atoms with Gasteiger partial charge in [-0.1, -0.05) is 0 Å². The normalized spacial score (nSPS) is 24.4. The Bertz CT molecular complexity index is 424. The van der Waals surface area contributed by atoms with E-state index >= 15 is 0 Å². The number of carbonyl (C=O) groups excluding carboxylic acids is 2. The van der Waals surface area contributed by atoms with Gasteiger partial charge in [-0.05, 0) is 65.5 Å². The number of rotatable bonds is 2. The third kappa shape index (κ3) is 3.91. The Labute approximate surface area is 132 Å². The summed E-state index contributed by atoms with van der Waals surface area (Å²) >= 11 is 0. The predicted octanol–water partition coefficient (Wildman–Crippen LogP) is 1.93. The van der Waals surface area contributed by atoms with E-state index in [1.54, 1.807) is 11.8 Å². The van der Waals surface area contributed by atoms with Crippen molar-refractivity contribution in [2.45, 2.75) is 58.6 Å². The summed E-state index contributed by atoms with van der Waals surface area (Å²) in [7, 11) is 0. The number of nitrogens with zero attached hydrogens (tertiary/aromatic N) is 1. The molecule has 0 aromatic rings. The van der Waals surface area contributed by atoms with Gasteiger partial charge in [-0.25, -0.2) is 9.59 Å². The lowest BCUT2D eigenvalue weighted by atomic mass is 9.77. The van der Waals surface area contributed by atoms with Crippen LogP contribution in [-0.4, -0.2) is 54.8 Å². The van der Waals surface area contributed by atoms with Gasteiger partial charge in [0.05, 0.1) is 6.61 Å². The van der Waals surface area contributed by atoms with Crippen molar-refractivity contribution in [1.82, 2.24) is 10.2 Å². The van der Waals surface area contributed by atoms with Crippen LogP contribution in [0.2, 0.25) is 0 Å². The first kappa shape index (κ1) is 17.1. The van der Waals surface area contributed by atoms with Crippen molar-refractivity contribution >= 4 is 12.1 Å². The van der Waals surface area contributed by atoms with E-state index < -0.39 is 17.7 Å². The second-order valence-corrected chi connectivity index (χ2v) is 7.33. The summed E-state index contributed by atoms with van der Waals surface area (Å²) in [6.07, 6.45) is 2.21. The molecular formula is C16H28N2O4. The molecule has 2 heterocycles. The molecule has 126 valence electrons. The van der Waals surface area contributed by atoms with Crippen LogP contribution in [0.25, 0.3) is 0 Å². The van der Waals surface area contributed by atoms with E-state index in [0.717, 1.165) is 25.9 Å². The number of hydrogen-bond donors (Lipinski definition) is 1. The van der Waals surface area contributed by atoms with Crippen LogP contribution in [-0.2, 0) is 14.3 Å². The van der Waals surface area contributed by atoms with Crippen LogP contribution in [0.4, 0.5) is 4.79 Å². The number of piperidine rings is 1. The van der Waals surface area contributed by atoms with Crippen LogP contribution < -0.4 is 5.32 Å². The number of hydrogen-bond acceptors (Lipinski definition) is 5. The van der Waals surface area contributed by atoms with E-state index in [9.17, 15) is 9.59 Å². The predicted molar refractivity (Wildman–Crippen MR) is 82.5 cm³/mol. The second kappa shape index (κ2) is 6.44. The van der Waals surface area contributed by atoms with Crippen LogP contribution in [0.15, 0.2) is 0 Å². The van der Waals surface area contributed by atoms with E-state index in [-0.39, 0.29) is 11.4 Å². The lowest BCUT2D eigenvalue weighted by Crippen LogP contribution is -2.44. The van der Waals surface area contributed by atoms with Crippen molar-refractivity contribution in [3.63, 3.8) is 0 Å². The first-order chi connectivity index (χ1) is 10.3. The van der Waals surface area contributed by atoms with E-state index in [2.05, 4.69) is 5.32 Å². The molecule has 0 bridgehead atoms. The monoisotopic (exact) mass is 312 g/mol. The highest BCUT2D eigenvalue weighted by Crippen LogP contribution is 2.42. The topological polar surface area (TPSA) is 67.9 Å². The van der Waals surface area contributed by atoms with Crippen LogP contribution in [0, 0.1) is 5.41 Å². The minimum Gasteiger partial charge on any atom is -0.464 e. The molecule has 2 rings (SSSR count). The minimum atomic E-state index is -0.569. The van der Waals surface area contributed by atoms with Crippen LogP contribution >= 0.6 is 0 Å². The maximum absolute atomic E-state index is 12.5. The molecule has 6 nitrogen and oxygen atoms in total. The molecule has 6 heteroatoms. The fraction of sp³-hybridized carbons (Fsp3) is 0.875. The summed E-state index contributed by atoms with van der Waals surface area (Å²) in [5, 5.41) is 3.34. The van der Waals surface area contributed by atoms with Gasteiger partial charge in [0.2, 0.25) is 0 Å². The summed E-state index contributed by atoms with van der Waals surface area (Å²) in [4.78, 5) is 26.3. The molecule has 0 aromatic carbocycles. The Kier molecular flexibility index (Phi) is 5.00. The van der Waals surface area contributed by atoms with Gasteiger partial charge in [-0.3, -0.25) is 4.90 Å². The van der Waals surface area contributed by atoms with E-state index in [4.69, 9.17) is 9.47 Å². The molecule has 0 aromatic heterocycles. The largest absolute Gasteiger partial charge is 0.464 e. The molecule has 1 spiro atoms. The standard InChI is InChI=1S/C16H28N2O4/c1-5-21-13(19)12-10-16(6-8-17-9-7-16)11-18(12)14(20)22-15(2,3)4/h12,17H,5-11H2,1-4H3. The number of carbonyl (C=O) groups is 2. The van der Waals surface area contributed by atoms with Crippen molar-refractivity contribution in [3.05, 3.63) is 0 Å². The number of nitrogens with one attached hydrogen (secondary N) is 1. The second-order valence-electron chi connectivity index (χ2n) is 7.33. The summed E-state index contributed by atoms with van der Waals surface area (Å²) < 4.78 is 10.6. The van der Waals surface area contributed by atoms with Gasteiger partial charge in [0.1, 0.15) is 11.6 Å². The van der Waals surface area contributed by atoms with E-state index in [1.807, 2.05) is 20.8 Å². The average molecular weight is 312 g/mol.